The molecule has 31 heteroatoms. The van der Waals surface area contributed by atoms with Crippen LogP contribution in [0.15, 0.2) is 76.1 Å². The van der Waals surface area contributed by atoms with Gasteiger partial charge < -0.3 is 10.2 Å². The highest BCUT2D eigenvalue weighted by Gasteiger charge is 2.41. The number of hydrogen-bond acceptors (Lipinski definition) is 18. The van der Waals surface area contributed by atoms with Crippen molar-refractivity contribution < 1.29 is 42.6 Å². The first-order valence-electron chi connectivity index (χ1n) is 32.3. The van der Waals surface area contributed by atoms with Crippen molar-refractivity contribution in [1.82, 2.24) is 57.9 Å². The standard InChI is InChI=1S/C25H28N2O3S2.C22H26F3N5O4S.C21H27N5O5S/c1-16(2)15-27-24-21(23(29)26(3)25(27)30)22(31-13-7-12-28)20(32-24)14-18-10-6-9-17-8-4-5-11-19(17)18;1-10(2)30-19-15(17(31)28(6)20(30)33)14(18(32)29-8-21(4,5)9-34-29)13(35-19)7-12-11(3)26-27-16(12)22(23,24)25;1-10(2)7-25-20-17(18(28)24(5)21(25)30)16(19(29)26-8-13(27)9-31-26)15(32-20)6-14-11(3)22-23-12(14)4/h4-6,8-11,16,28H,7,12-15H2,1-3H3;10H,7-9H2,1-6H3,(H,26,27);10,13,27H,6-9H2,1-5H3,(H,22,23)/t;;13-/m..0/s1. The van der Waals surface area contributed by atoms with Crippen molar-refractivity contribution in [3.63, 3.8) is 0 Å². The Kier molecular flexibility index (Phi) is 21.8. The molecule has 2 aliphatic heterocycles. The molecule has 10 heterocycles. The third-order valence-corrected chi connectivity index (χ3v) is 22.2. The number of carbonyl (C=O) groups is 2. The van der Waals surface area contributed by atoms with E-state index in [1.54, 1.807) is 53.1 Å². The van der Waals surface area contributed by atoms with Gasteiger partial charge >= 0.3 is 23.2 Å². The van der Waals surface area contributed by atoms with Crippen LogP contribution in [0.5, 0.6) is 0 Å². The number of amides is 2. The molecule has 2 amide bonds. The molecule has 2 aliphatic rings. The molecule has 0 radical (unpaired) electrons. The third kappa shape index (κ3) is 14.7. The summed E-state index contributed by atoms with van der Waals surface area (Å²) >= 11 is 5.41. The number of carbonyl (C=O) groups excluding carboxylic acids is 2. The van der Waals surface area contributed by atoms with E-state index in [1.807, 2.05) is 53.7 Å². The number of benzene rings is 2. The van der Waals surface area contributed by atoms with Gasteiger partial charge in [0.2, 0.25) is 0 Å². The van der Waals surface area contributed by atoms with Crippen molar-refractivity contribution in [1.29, 1.82) is 0 Å². The second-order valence-corrected chi connectivity index (χ2v) is 31.2. The number of halogens is 3. The van der Waals surface area contributed by atoms with Gasteiger partial charge in [0.25, 0.3) is 28.5 Å². The summed E-state index contributed by atoms with van der Waals surface area (Å²) in [5, 5.41) is 37.6. The van der Waals surface area contributed by atoms with Crippen molar-refractivity contribution in [2.45, 2.75) is 138 Å². The molecule has 0 bridgehead atoms. The third-order valence-electron chi connectivity index (χ3n) is 17.2. The highest BCUT2D eigenvalue weighted by molar-refractivity contribution is 7.99. The molecule has 530 valence electrons. The fourth-order valence-corrected chi connectivity index (χ4v) is 17.5. The minimum Gasteiger partial charge on any atom is -0.396 e. The van der Waals surface area contributed by atoms with E-state index >= 15 is 0 Å². The number of aliphatic hydroxyl groups is 2. The lowest BCUT2D eigenvalue weighted by Crippen LogP contribution is -2.39. The molecule has 2 fully saturated rings. The van der Waals surface area contributed by atoms with Crippen LogP contribution in [0.3, 0.4) is 0 Å². The Hall–Kier alpha value is -8.04. The average molecular weight is 1440 g/mol. The van der Waals surface area contributed by atoms with Crippen LogP contribution in [-0.4, -0.2) is 125 Å². The van der Waals surface area contributed by atoms with Crippen molar-refractivity contribution in [3.8, 4) is 0 Å². The number of alkyl halides is 3. The number of nitrogens with one attached hydrogen (secondary N) is 2. The van der Waals surface area contributed by atoms with Gasteiger partial charge in [0.15, 0.2) is 5.69 Å². The maximum atomic E-state index is 13.7. The number of fused-ring (bicyclic) bond motifs is 4. The topological polar surface area (TPSA) is 289 Å². The molecule has 8 aromatic heterocycles. The average Bonchev–Trinajstić information content (AvgIpc) is 1.63. The molecular weight excluding hydrogens is 1360 g/mol. The van der Waals surface area contributed by atoms with Gasteiger partial charge in [-0.05, 0) is 69.2 Å². The normalized spacial score (nSPS) is 14.9. The molecule has 0 unspecified atom stereocenters. The van der Waals surface area contributed by atoms with Crippen molar-refractivity contribution >= 4 is 99.0 Å². The second-order valence-electron chi connectivity index (χ2n) is 26.9. The predicted molar refractivity (Wildman–Crippen MR) is 379 cm³/mol. The van der Waals surface area contributed by atoms with Gasteiger partial charge in [-0.15, -0.1) is 45.8 Å². The van der Waals surface area contributed by atoms with Crippen LogP contribution in [0.4, 0.5) is 13.2 Å². The molecule has 10 aromatic rings. The summed E-state index contributed by atoms with van der Waals surface area (Å²) in [6.07, 6.45) is -4.07. The fraction of sp³-hybridized carbons (Fsp3) is 0.471. The second kappa shape index (κ2) is 29.3. The molecule has 99 heavy (non-hydrogen) atoms. The number of aromatic nitrogens is 10. The lowest BCUT2D eigenvalue weighted by Gasteiger charge is -2.17. The summed E-state index contributed by atoms with van der Waals surface area (Å²) < 4.78 is 48.8. The van der Waals surface area contributed by atoms with Crippen LogP contribution in [-0.2, 0) is 69.3 Å². The van der Waals surface area contributed by atoms with Gasteiger partial charge in [0.1, 0.15) is 27.2 Å². The molecule has 4 N–H and O–H groups in total. The van der Waals surface area contributed by atoms with Gasteiger partial charge in [-0.1, -0.05) is 84.0 Å². The van der Waals surface area contributed by atoms with Gasteiger partial charge in [0, 0.05) is 119 Å². The fourth-order valence-electron chi connectivity index (χ4n) is 12.2. The lowest BCUT2D eigenvalue weighted by atomic mass is 9.96. The number of thiophene rings is 3. The van der Waals surface area contributed by atoms with Gasteiger partial charge in [-0.3, -0.25) is 71.2 Å². The number of β-amino-alcohol motifs (C(OH)–C–C–N with tert-alkyl or cyclic N) is 1. The largest absolute Gasteiger partial charge is 0.435 e. The highest BCUT2D eigenvalue weighted by Crippen LogP contribution is 2.41. The number of hydroxylamine groups is 4. The van der Waals surface area contributed by atoms with Crippen LogP contribution in [0, 0.1) is 38.0 Å². The van der Waals surface area contributed by atoms with Crippen molar-refractivity contribution in [3.05, 3.63) is 170 Å². The number of aromatic amines is 2. The predicted octanol–water partition coefficient (Wildman–Crippen LogP) is 9.13. The number of rotatable bonds is 17. The number of nitrogens with zero attached hydrogens (tertiary/aromatic N) is 10. The first kappa shape index (κ1) is 73.7. The maximum absolute atomic E-state index is 13.7. The zero-order valence-corrected chi connectivity index (χ0v) is 60.8. The quantitative estimate of drug-likeness (QED) is 0.0488. The van der Waals surface area contributed by atoms with Crippen LogP contribution < -0.4 is 33.7 Å². The first-order chi connectivity index (χ1) is 46.6. The SMILES string of the molecule is CC(C)Cn1c(=O)n(C)c(=O)c2c(SCCCO)c(Cc3cccc4ccccc34)sc21.Cc1[nH]nc(C(F)(F)F)c1Cc1sc2c(c1C(=O)N1CC(C)(C)CO1)c(=O)n(C)c(=O)n2C(C)C.Cc1n[nH]c(C)c1Cc1sc2c(c1C(=O)N1C[C@H](O)CO1)c(=O)n(C)c(=O)n2CC(C)C. The molecule has 12 rings (SSSR count). The van der Waals surface area contributed by atoms with E-state index in [-0.39, 0.29) is 117 Å². The summed E-state index contributed by atoms with van der Waals surface area (Å²) in [4.78, 5) is 121. The molecule has 0 saturated carbocycles. The maximum Gasteiger partial charge on any atom is 0.435 e. The van der Waals surface area contributed by atoms with E-state index in [4.69, 9.17) is 9.68 Å². The Balaban J connectivity index is 0.000000161. The summed E-state index contributed by atoms with van der Waals surface area (Å²) in [5.41, 5.74) is -0.0606. The zero-order valence-electron chi connectivity index (χ0n) is 57.6. The molecule has 1 atom stereocenters. The Morgan fingerprint density at radius 3 is 1.76 bits per heavy atom. The van der Waals surface area contributed by atoms with E-state index in [2.05, 4.69) is 64.6 Å². The Morgan fingerprint density at radius 1 is 0.687 bits per heavy atom. The summed E-state index contributed by atoms with van der Waals surface area (Å²) in [5.74, 6) is 0.0409. The van der Waals surface area contributed by atoms with E-state index < -0.39 is 52.3 Å². The zero-order chi connectivity index (χ0) is 72.2. The smallest absolute Gasteiger partial charge is 0.396 e. The monoisotopic (exact) mass is 1440 g/mol. The number of thioether (sulfide) groups is 1. The molecule has 24 nitrogen and oxygen atoms in total. The van der Waals surface area contributed by atoms with Gasteiger partial charge in [0.05, 0.1) is 52.7 Å². The van der Waals surface area contributed by atoms with Crippen LogP contribution >= 0.6 is 45.8 Å². The molecule has 0 aliphatic carbocycles. The number of H-pyrrole nitrogens is 2. The molecule has 2 aromatic carbocycles. The Labute approximate surface area is 581 Å². The number of hydrogen-bond donors (Lipinski definition) is 4. The van der Waals surface area contributed by atoms with E-state index in [9.17, 15) is 61.7 Å². The van der Waals surface area contributed by atoms with E-state index in [0.29, 0.717) is 47.4 Å². The highest BCUT2D eigenvalue weighted by atomic mass is 32.2. The lowest BCUT2D eigenvalue weighted by molar-refractivity contribution is -0.141. The number of aliphatic hydroxyl groups excluding tert-OH is 2. The Morgan fingerprint density at radius 2 is 1.21 bits per heavy atom. The minimum atomic E-state index is -4.71. The van der Waals surface area contributed by atoms with Crippen LogP contribution in [0.2, 0.25) is 0 Å². The van der Waals surface area contributed by atoms with Crippen LogP contribution in [0.1, 0.15) is 143 Å². The summed E-state index contributed by atoms with van der Waals surface area (Å²) in [7, 11) is 4.30. The van der Waals surface area contributed by atoms with E-state index in [1.165, 1.54) is 57.8 Å². The van der Waals surface area contributed by atoms with Crippen molar-refractivity contribution in [2.75, 3.05) is 38.7 Å². The van der Waals surface area contributed by atoms with Gasteiger partial charge in [-0.25, -0.2) is 24.5 Å². The molecule has 2 saturated heterocycles. The van der Waals surface area contributed by atoms with Crippen LogP contribution in [0.25, 0.3) is 41.4 Å². The first-order valence-corrected chi connectivity index (χ1v) is 35.8. The van der Waals surface area contributed by atoms with Gasteiger partial charge in [-0.2, -0.15) is 23.4 Å². The van der Waals surface area contributed by atoms with E-state index in [0.717, 1.165) is 67.9 Å². The molecular formula is C68H81F3N12O12S4. The summed E-state index contributed by atoms with van der Waals surface area (Å²) in [6.45, 7) is 22.3. The summed E-state index contributed by atoms with van der Waals surface area (Å²) in [6, 6.07) is 14.3. The number of aryl methyl sites for hydroxylation is 3. The van der Waals surface area contributed by atoms with Crippen molar-refractivity contribution in [2.24, 2.45) is 38.4 Å². The Bertz CT molecular complexity index is 5130. The minimum absolute atomic E-state index is 0.00573. The molecule has 0 spiro atoms.